The molecule has 0 spiro atoms. The lowest BCUT2D eigenvalue weighted by Gasteiger charge is -2.24. The summed E-state index contributed by atoms with van der Waals surface area (Å²) in [4.78, 5) is 15.5. The van der Waals surface area contributed by atoms with E-state index >= 15 is 0 Å². The van der Waals surface area contributed by atoms with Crippen molar-refractivity contribution < 1.29 is 4.79 Å². The summed E-state index contributed by atoms with van der Waals surface area (Å²) in [6.45, 7) is 4.90. The predicted molar refractivity (Wildman–Crippen MR) is 74.9 cm³/mol. The molecule has 0 aromatic heterocycles. The van der Waals surface area contributed by atoms with Gasteiger partial charge in [0, 0.05) is 38.8 Å². The predicted octanol–water partition coefficient (Wildman–Crippen LogP) is 1.98. The maximum atomic E-state index is 11.4. The van der Waals surface area contributed by atoms with Crippen molar-refractivity contribution in [3.8, 4) is 0 Å². The van der Waals surface area contributed by atoms with E-state index in [0.717, 1.165) is 38.3 Å². The highest BCUT2D eigenvalue weighted by Crippen LogP contribution is 2.28. The molecule has 1 aromatic carbocycles. The van der Waals surface area contributed by atoms with E-state index in [0.29, 0.717) is 10.7 Å². The molecule has 0 bridgehead atoms. The number of hydrogen-bond donors (Lipinski definition) is 1. The van der Waals surface area contributed by atoms with E-state index in [9.17, 15) is 4.79 Å². The van der Waals surface area contributed by atoms with Crippen LogP contribution in [0.3, 0.4) is 0 Å². The number of benzene rings is 1. The van der Waals surface area contributed by atoms with E-state index < -0.39 is 0 Å². The van der Waals surface area contributed by atoms with Gasteiger partial charge in [-0.05, 0) is 24.6 Å². The Morgan fingerprint density at radius 3 is 2.72 bits per heavy atom. The second-order valence-corrected chi connectivity index (χ2v) is 4.96. The van der Waals surface area contributed by atoms with Gasteiger partial charge >= 0.3 is 0 Å². The largest absolute Gasteiger partial charge is 0.399 e. The Hall–Kier alpha value is -1.42. The van der Waals surface area contributed by atoms with Crippen molar-refractivity contribution in [3.63, 3.8) is 0 Å². The van der Waals surface area contributed by atoms with Gasteiger partial charge in [0.15, 0.2) is 0 Å². The van der Waals surface area contributed by atoms with Crippen LogP contribution in [0.1, 0.15) is 13.3 Å². The fourth-order valence-electron chi connectivity index (χ4n) is 2.25. The van der Waals surface area contributed by atoms with Gasteiger partial charge < -0.3 is 15.5 Å². The lowest BCUT2D eigenvalue weighted by atomic mass is 10.2. The monoisotopic (exact) mass is 267 g/mol. The minimum absolute atomic E-state index is 0.139. The summed E-state index contributed by atoms with van der Waals surface area (Å²) in [5.74, 6) is 0.139. The summed E-state index contributed by atoms with van der Waals surface area (Å²) in [6, 6.07) is 5.57. The van der Waals surface area contributed by atoms with Crippen LogP contribution >= 0.6 is 11.6 Å². The van der Waals surface area contributed by atoms with Crippen molar-refractivity contribution >= 4 is 28.9 Å². The zero-order chi connectivity index (χ0) is 13.1. The van der Waals surface area contributed by atoms with Crippen molar-refractivity contribution in [1.82, 2.24) is 4.90 Å². The fraction of sp³-hybridized carbons (Fsp3) is 0.462. The molecule has 2 N–H and O–H groups in total. The number of nitrogens with two attached hydrogens (primary N) is 1. The molecule has 1 fully saturated rings. The number of carbonyl (C=O) groups is 1. The summed E-state index contributed by atoms with van der Waals surface area (Å²) in [6.07, 6.45) is 0.959. The van der Waals surface area contributed by atoms with E-state index in [1.165, 1.54) is 0 Å². The van der Waals surface area contributed by atoms with Crippen LogP contribution in [0.5, 0.6) is 0 Å². The standard InChI is InChI=1S/C13H18ClN3O/c1-10(18)16-5-2-6-17(8-7-16)13-4-3-11(15)9-12(13)14/h3-4,9H,2,5-8,15H2,1H3. The molecule has 1 saturated heterocycles. The maximum Gasteiger partial charge on any atom is 0.219 e. The molecular formula is C13H18ClN3O. The van der Waals surface area contributed by atoms with Gasteiger partial charge in [0.2, 0.25) is 5.91 Å². The molecule has 1 aromatic rings. The molecule has 1 amide bonds. The average Bonchev–Trinajstić information content (AvgIpc) is 2.54. The second kappa shape index (κ2) is 5.48. The van der Waals surface area contributed by atoms with Gasteiger partial charge in [-0.1, -0.05) is 11.6 Å². The van der Waals surface area contributed by atoms with Gasteiger partial charge in [0.1, 0.15) is 0 Å². The van der Waals surface area contributed by atoms with Crippen molar-refractivity contribution in [3.05, 3.63) is 23.2 Å². The molecule has 1 aliphatic heterocycles. The van der Waals surface area contributed by atoms with Crippen molar-refractivity contribution in [1.29, 1.82) is 0 Å². The van der Waals surface area contributed by atoms with Crippen LogP contribution in [0.25, 0.3) is 0 Å². The third-order valence-electron chi connectivity index (χ3n) is 3.25. The van der Waals surface area contributed by atoms with Crippen LogP contribution < -0.4 is 10.6 Å². The zero-order valence-electron chi connectivity index (χ0n) is 10.5. The lowest BCUT2D eigenvalue weighted by Crippen LogP contribution is -2.33. The molecule has 98 valence electrons. The molecule has 0 saturated carbocycles. The van der Waals surface area contributed by atoms with E-state index in [2.05, 4.69) is 4.90 Å². The molecule has 2 rings (SSSR count). The van der Waals surface area contributed by atoms with Crippen LogP contribution in [-0.4, -0.2) is 37.0 Å². The summed E-state index contributed by atoms with van der Waals surface area (Å²) in [5.41, 5.74) is 7.36. The van der Waals surface area contributed by atoms with Crippen molar-refractivity contribution in [2.24, 2.45) is 0 Å². The Labute approximate surface area is 112 Å². The molecule has 18 heavy (non-hydrogen) atoms. The number of hydrogen-bond acceptors (Lipinski definition) is 3. The van der Waals surface area contributed by atoms with Crippen LogP contribution in [0.2, 0.25) is 5.02 Å². The van der Waals surface area contributed by atoms with Gasteiger partial charge in [-0.3, -0.25) is 4.79 Å². The van der Waals surface area contributed by atoms with Gasteiger partial charge in [0.25, 0.3) is 0 Å². The summed E-state index contributed by atoms with van der Waals surface area (Å²) < 4.78 is 0. The molecular weight excluding hydrogens is 250 g/mol. The van der Waals surface area contributed by atoms with E-state index in [1.807, 2.05) is 17.0 Å². The first-order chi connectivity index (χ1) is 8.58. The van der Waals surface area contributed by atoms with Crippen molar-refractivity contribution in [2.45, 2.75) is 13.3 Å². The van der Waals surface area contributed by atoms with Gasteiger partial charge in [0.05, 0.1) is 10.7 Å². The van der Waals surface area contributed by atoms with Crippen LogP contribution in [0.15, 0.2) is 18.2 Å². The first-order valence-corrected chi connectivity index (χ1v) is 6.51. The first-order valence-electron chi connectivity index (χ1n) is 6.13. The quantitative estimate of drug-likeness (QED) is 0.792. The summed E-state index contributed by atoms with van der Waals surface area (Å²) >= 11 is 6.21. The molecule has 0 radical (unpaired) electrons. The van der Waals surface area contributed by atoms with Gasteiger partial charge in [-0.25, -0.2) is 0 Å². The van der Waals surface area contributed by atoms with Gasteiger partial charge in [-0.15, -0.1) is 0 Å². The molecule has 0 unspecified atom stereocenters. The third-order valence-corrected chi connectivity index (χ3v) is 3.56. The summed E-state index contributed by atoms with van der Waals surface area (Å²) in [7, 11) is 0. The lowest BCUT2D eigenvalue weighted by molar-refractivity contribution is -0.128. The molecule has 5 heteroatoms. The number of anilines is 2. The number of nitrogens with zero attached hydrogens (tertiary/aromatic N) is 2. The number of carbonyl (C=O) groups excluding carboxylic acids is 1. The van der Waals surface area contributed by atoms with E-state index in [1.54, 1.807) is 13.0 Å². The summed E-state index contributed by atoms with van der Waals surface area (Å²) in [5, 5.41) is 0.672. The highest BCUT2D eigenvalue weighted by atomic mass is 35.5. The van der Waals surface area contributed by atoms with Gasteiger partial charge in [-0.2, -0.15) is 0 Å². The normalized spacial score (nSPS) is 16.6. The number of amides is 1. The molecule has 1 aliphatic rings. The Morgan fingerprint density at radius 2 is 2.06 bits per heavy atom. The second-order valence-electron chi connectivity index (χ2n) is 4.56. The zero-order valence-corrected chi connectivity index (χ0v) is 11.3. The average molecular weight is 268 g/mol. The van der Waals surface area contributed by atoms with Crippen LogP contribution in [-0.2, 0) is 4.79 Å². The molecule has 0 atom stereocenters. The van der Waals surface area contributed by atoms with Crippen LogP contribution in [0.4, 0.5) is 11.4 Å². The first kappa shape index (κ1) is 13.0. The highest BCUT2D eigenvalue weighted by Gasteiger charge is 2.18. The third kappa shape index (κ3) is 2.88. The highest BCUT2D eigenvalue weighted by molar-refractivity contribution is 6.33. The fourth-order valence-corrected chi connectivity index (χ4v) is 2.56. The number of halogens is 1. The number of nitrogen functional groups attached to an aromatic ring is 1. The van der Waals surface area contributed by atoms with Crippen LogP contribution in [0, 0.1) is 0 Å². The van der Waals surface area contributed by atoms with E-state index in [4.69, 9.17) is 17.3 Å². The van der Waals surface area contributed by atoms with Crippen molar-refractivity contribution in [2.75, 3.05) is 36.8 Å². The minimum atomic E-state index is 0.139. The smallest absolute Gasteiger partial charge is 0.219 e. The molecule has 1 heterocycles. The Balaban J connectivity index is 2.12. The maximum absolute atomic E-state index is 11.4. The Morgan fingerprint density at radius 1 is 1.28 bits per heavy atom. The SMILES string of the molecule is CC(=O)N1CCCN(c2ccc(N)cc2Cl)CC1. The Kier molecular flexibility index (Phi) is 3.97. The Bertz CT molecular complexity index is 450. The van der Waals surface area contributed by atoms with E-state index in [-0.39, 0.29) is 5.91 Å². The molecule has 4 nitrogen and oxygen atoms in total. The topological polar surface area (TPSA) is 49.6 Å². The number of rotatable bonds is 1. The minimum Gasteiger partial charge on any atom is -0.399 e. The molecule has 0 aliphatic carbocycles.